The predicted octanol–water partition coefficient (Wildman–Crippen LogP) is 3.00. The number of aromatic nitrogens is 4. The second kappa shape index (κ2) is 11.0. The van der Waals surface area contributed by atoms with Gasteiger partial charge in [-0.1, -0.05) is 24.4 Å². The van der Waals surface area contributed by atoms with Crippen LogP contribution >= 0.6 is 7.52 Å². The first-order valence-corrected chi connectivity index (χ1v) is 12.9. The third kappa shape index (κ3) is 6.72. The number of carboxylic acid groups (broad SMARTS) is 1. The first kappa shape index (κ1) is 25.1. The van der Waals surface area contributed by atoms with Crippen LogP contribution in [0.5, 0.6) is 0 Å². The standard InChI is InChI=1S/C20H32N7O5P/c1-13(9-27-11-24-17-18(21)22-10-23-19(17)27)31-12-33(30,26-15(3)20(28)29)32-25-14(2)16-7-5-4-6-8-16/h10-11,13,15-16H,4-9,12H2,1-3H3,(H,26,30)(H,28,29)(H2,21,22,23)/b25-14+/t13-,15-,33?/m0/s1. The molecular formula is C20H32N7O5P. The fraction of sp³-hybridized carbons (Fsp3) is 0.650. The molecular weight excluding hydrogens is 449 g/mol. The van der Waals surface area contributed by atoms with E-state index in [1.54, 1.807) is 17.8 Å². The number of nitrogens with one attached hydrogen (secondary N) is 1. The maximum Gasteiger partial charge on any atom is 0.364 e. The predicted molar refractivity (Wildman–Crippen MR) is 124 cm³/mol. The van der Waals surface area contributed by atoms with Crippen molar-refractivity contribution in [1.29, 1.82) is 0 Å². The Kier molecular flexibility index (Phi) is 8.39. The van der Waals surface area contributed by atoms with Gasteiger partial charge in [0.15, 0.2) is 11.5 Å². The zero-order valence-electron chi connectivity index (χ0n) is 19.2. The van der Waals surface area contributed by atoms with Gasteiger partial charge in [-0.15, -0.1) is 0 Å². The average molecular weight is 481 g/mol. The van der Waals surface area contributed by atoms with Gasteiger partial charge in [0.1, 0.15) is 24.2 Å². The number of imidazole rings is 1. The molecule has 2 aromatic rings. The van der Waals surface area contributed by atoms with Crippen LogP contribution in [0.25, 0.3) is 11.2 Å². The first-order chi connectivity index (χ1) is 15.7. The van der Waals surface area contributed by atoms with E-state index in [2.05, 4.69) is 25.2 Å². The summed E-state index contributed by atoms with van der Waals surface area (Å²) in [5.41, 5.74) is 7.62. The average Bonchev–Trinajstić information content (AvgIpc) is 3.21. The molecule has 3 atom stereocenters. The number of ether oxygens (including phenoxy) is 1. The normalized spacial score (nSPS) is 19.2. The highest BCUT2D eigenvalue weighted by Gasteiger charge is 2.31. The van der Waals surface area contributed by atoms with Crippen LogP contribution in [0.2, 0.25) is 0 Å². The summed E-state index contributed by atoms with van der Waals surface area (Å²) in [5, 5.41) is 15.9. The number of hydrogen-bond donors (Lipinski definition) is 3. The van der Waals surface area contributed by atoms with Gasteiger partial charge in [0, 0.05) is 5.92 Å². The van der Waals surface area contributed by atoms with Gasteiger partial charge in [-0.2, -0.15) is 0 Å². The lowest BCUT2D eigenvalue weighted by Crippen LogP contribution is -2.33. The number of oxime groups is 1. The summed E-state index contributed by atoms with van der Waals surface area (Å²) < 4.78 is 26.4. The largest absolute Gasteiger partial charge is 0.480 e. The zero-order chi connectivity index (χ0) is 24.0. The Morgan fingerprint density at radius 1 is 1.33 bits per heavy atom. The number of nitrogen functional groups attached to an aromatic ring is 1. The molecule has 1 fully saturated rings. The number of rotatable bonds is 11. The van der Waals surface area contributed by atoms with Crippen LogP contribution in [-0.4, -0.2) is 54.8 Å². The molecule has 0 saturated heterocycles. The minimum absolute atomic E-state index is 0.281. The van der Waals surface area contributed by atoms with Crippen LogP contribution in [0.15, 0.2) is 17.8 Å². The topological polar surface area (TPSA) is 167 Å². The summed E-state index contributed by atoms with van der Waals surface area (Å²) in [5.74, 6) is -0.585. The number of nitrogens with two attached hydrogens (primary N) is 1. The fourth-order valence-corrected chi connectivity index (χ4v) is 5.33. The second-order valence-corrected chi connectivity index (χ2v) is 10.5. The van der Waals surface area contributed by atoms with Crippen molar-refractivity contribution < 1.29 is 23.8 Å². The van der Waals surface area contributed by atoms with E-state index in [1.165, 1.54) is 19.7 Å². The van der Waals surface area contributed by atoms with Crippen molar-refractivity contribution in [2.45, 2.75) is 71.6 Å². The van der Waals surface area contributed by atoms with Gasteiger partial charge < -0.3 is 24.8 Å². The van der Waals surface area contributed by atoms with Gasteiger partial charge >= 0.3 is 13.5 Å². The van der Waals surface area contributed by atoms with E-state index >= 15 is 0 Å². The van der Waals surface area contributed by atoms with Crippen molar-refractivity contribution in [1.82, 2.24) is 24.6 Å². The summed E-state index contributed by atoms with van der Waals surface area (Å²) >= 11 is 0. The highest BCUT2D eigenvalue weighted by Crippen LogP contribution is 2.44. The molecule has 0 radical (unpaired) electrons. The number of anilines is 1. The number of carbonyl (C=O) groups is 1. The monoisotopic (exact) mass is 481 g/mol. The van der Waals surface area contributed by atoms with E-state index in [-0.39, 0.29) is 18.1 Å². The Hall–Kier alpha value is -2.56. The van der Waals surface area contributed by atoms with Crippen LogP contribution in [0.1, 0.15) is 52.9 Å². The van der Waals surface area contributed by atoms with Gasteiger partial charge in [0.05, 0.1) is 24.7 Å². The van der Waals surface area contributed by atoms with Gasteiger partial charge in [0.25, 0.3) is 0 Å². The number of aliphatic carboxylic acids is 1. The minimum atomic E-state index is -3.75. The summed E-state index contributed by atoms with van der Waals surface area (Å²) in [6.07, 6.45) is 7.66. The van der Waals surface area contributed by atoms with Crippen molar-refractivity contribution >= 4 is 36.2 Å². The molecule has 2 heterocycles. The van der Waals surface area contributed by atoms with Gasteiger partial charge in [-0.25, -0.2) is 20.0 Å². The lowest BCUT2D eigenvalue weighted by molar-refractivity contribution is -0.138. The molecule has 0 bridgehead atoms. The second-order valence-electron chi connectivity index (χ2n) is 8.45. The molecule has 4 N–H and O–H groups in total. The quantitative estimate of drug-likeness (QED) is 0.246. The van der Waals surface area contributed by atoms with Crippen LogP contribution in [0, 0.1) is 5.92 Å². The molecule has 1 saturated carbocycles. The fourth-order valence-electron chi connectivity index (χ4n) is 3.75. The smallest absolute Gasteiger partial charge is 0.364 e. The molecule has 0 aliphatic heterocycles. The van der Waals surface area contributed by atoms with Crippen LogP contribution < -0.4 is 10.8 Å². The third-order valence-electron chi connectivity index (χ3n) is 5.69. The van der Waals surface area contributed by atoms with Crippen molar-refractivity contribution in [2.24, 2.45) is 11.1 Å². The summed E-state index contributed by atoms with van der Waals surface area (Å²) in [4.78, 5) is 23.6. The van der Waals surface area contributed by atoms with E-state index in [4.69, 9.17) is 15.1 Å². The Bertz CT molecular complexity index is 1040. The van der Waals surface area contributed by atoms with Crippen LogP contribution in [-0.2, 0) is 25.3 Å². The van der Waals surface area contributed by atoms with E-state index in [9.17, 15) is 14.5 Å². The molecule has 1 unspecified atom stereocenters. The first-order valence-electron chi connectivity index (χ1n) is 11.0. The van der Waals surface area contributed by atoms with E-state index in [1.807, 2.05) is 6.92 Å². The Morgan fingerprint density at radius 3 is 2.76 bits per heavy atom. The molecule has 3 rings (SSSR count). The molecule has 0 amide bonds. The third-order valence-corrected chi connectivity index (χ3v) is 7.30. The number of hydrogen-bond acceptors (Lipinski definition) is 9. The minimum Gasteiger partial charge on any atom is -0.480 e. The van der Waals surface area contributed by atoms with Gasteiger partial charge in [-0.3, -0.25) is 9.36 Å². The SMILES string of the molecule is C/C(=N\OP(=O)(CO[C@@H](C)Cn1cnc2c(N)ncnc21)N[C@@H](C)C(=O)O)C1CCCCC1. The van der Waals surface area contributed by atoms with Crippen LogP contribution in [0.3, 0.4) is 0 Å². The number of carboxylic acids is 1. The molecule has 12 nitrogen and oxygen atoms in total. The number of nitrogens with zero attached hydrogens (tertiary/aromatic N) is 5. The molecule has 0 spiro atoms. The molecule has 1 aliphatic carbocycles. The molecule has 13 heteroatoms. The van der Waals surface area contributed by atoms with E-state index in [0.29, 0.717) is 17.7 Å². The maximum atomic E-state index is 13.4. The lowest BCUT2D eigenvalue weighted by Gasteiger charge is -2.24. The summed E-state index contributed by atoms with van der Waals surface area (Å²) in [6, 6.07) is -1.10. The Labute approximate surface area is 192 Å². The van der Waals surface area contributed by atoms with Crippen molar-refractivity contribution in [3.63, 3.8) is 0 Å². The van der Waals surface area contributed by atoms with E-state index < -0.39 is 25.6 Å². The highest BCUT2D eigenvalue weighted by molar-refractivity contribution is 7.56. The zero-order valence-corrected chi connectivity index (χ0v) is 20.1. The molecule has 1 aliphatic rings. The van der Waals surface area contributed by atoms with Gasteiger partial charge in [-0.05, 0) is 33.6 Å². The molecule has 33 heavy (non-hydrogen) atoms. The molecule has 2 aromatic heterocycles. The summed E-state index contributed by atoms with van der Waals surface area (Å²) in [6.45, 7) is 5.38. The molecule has 182 valence electrons. The van der Waals surface area contributed by atoms with Crippen molar-refractivity contribution in [2.75, 3.05) is 12.1 Å². The van der Waals surface area contributed by atoms with E-state index in [0.717, 1.165) is 31.4 Å². The highest BCUT2D eigenvalue weighted by atomic mass is 31.2. The number of fused-ring (bicyclic) bond motifs is 1. The van der Waals surface area contributed by atoms with Gasteiger partial charge in [0.2, 0.25) is 0 Å². The molecule has 0 aromatic carbocycles. The Morgan fingerprint density at radius 2 is 2.06 bits per heavy atom. The maximum absolute atomic E-state index is 13.4. The van der Waals surface area contributed by atoms with Crippen LogP contribution in [0.4, 0.5) is 5.82 Å². The lowest BCUT2D eigenvalue weighted by atomic mass is 9.86. The summed E-state index contributed by atoms with van der Waals surface area (Å²) in [7, 11) is -3.75. The van der Waals surface area contributed by atoms with Crippen molar-refractivity contribution in [3.05, 3.63) is 12.7 Å². The Balaban J connectivity index is 1.66. The van der Waals surface area contributed by atoms with Crippen molar-refractivity contribution in [3.8, 4) is 0 Å².